The first-order valence-corrected chi connectivity index (χ1v) is 4.63. The van der Waals surface area contributed by atoms with Gasteiger partial charge in [0.1, 0.15) is 0 Å². The van der Waals surface area contributed by atoms with E-state index in [0.29, 0.717) is 5.16 Å². The van der Waals surface area contributed by atoms with Crippen LogP contribution in [0.5, 0.6) is 0 Å². The van der Waals surface area contributed by atoms with Crippen molar-refractivity contribution in [1.29, 1.82) is 0 Å². The Kier molecular flexibility index (Phi) is 2.65. The molecule has 0 saturated carbocycles. The molecule has 0 aliphatic heterocycles. The van der Waals surface area contributed by atoms with Gasteiger partial charge in [0.15, 0.2) is 5.16 Å². The van der Waals surface area contributed by atoms with Crippen molar-refractivity contribution in [3.63, 3.8) is 0 Å². The number of imidazole rings is 1. The molecule has 1 heterocycles. The highest BCUT2D eigenvalue weighted by Gasteiger charge is 1.92. The topological polar surface area (TPSA) is 30.2 Å². The van der Waals surface area contributed by atoms with E-state index in [9.17, 15) is 0 Å². The highest BCUT2D eigenvalue weighted by atomic mass is 32.1. The summed E-state index contributed by atoms with van der Waals surface area (Å²) in [5, 5.41) is 4.77. The van der Waals surface area contributed by atoms with Gasteiger partial charge in [-0.1, -0.05) is 30.3 Å². The maximum absolute atomic E-state index is 4.19. The lowest BCUT2D eigenvalue weighted by molar-refractivity contribution is 0.771. The predicted molar refractivity (Wildman–Crippen MR) is 58.9 cm³/mol. The minimum absolute atomic E-state index is 0.581. The van der Waals surface area contributed by atoms with E-state index in [1.807, 2.05) is 30.3 Å². The van der Waals surface area contributed by atoms with E-state index >= 15 is 0 Å². The molecule has 0 N–H and O–H groups in total. The van der Waals surface area contributed by atoms with Crippen molar-refractivity contribution >= 4 is 18.8 Å². The Hall–Kier alpha value is -1.55. The molecule has 0 atom stereocenters. The SMILES string of the molecule is Sc1nccn1/N=C/c1ccccc1. The molecule has 0 saturated heterocycles. The van der Waals surface area contributed by atoms with Gasteiger partial charge in [-0.3, -0.25) is 0 Å². The second-order valence-corrected chi connectivity index (χ2v) is 3.13. The number of nitrogens with zero attached hydrogens (tertiary/aromatic N) is 3. The molecule has 1 aromatic carbocycles. The van der Waals surface area contributed by atoms with Crippen LogP contribution in [0.25, 0.3) is 0 Å². The van der Waals surface area contributed by atoms with Crippen LogP contribution in [0.2, 0.25) is 0 Å². The third-order valence-corrected chi connectivity index (χ3v) is 2.05. The van der Waals surface area contributed by atoms with E-state index in [4.69, 9.17) is 0 Å². The van der Waals surface area contributed by atoms with Crippen LogP contribution in [-0.4, -0.2) is 15.9 Å². The zero-order valence-corrected chi connectivity index (χ0v) is 8.30. The molecule has 0 amide bonds. The van der Waals surface area contributed by atoms with E-state index in [-0.39, 0.29) is 0 Å². The quantitative estimate of drug-likeness (QED) is 0.587. The van der Waals surface area contributed by atoms with Crippen LogP contribution in [0.3, 0.4) is 0 Å². The highest BCUT2D eigenvalue weighted by molar-refractivity contribution is 7.80. The van der Waals surface area contributed by atoms with E-state index < -0.39 is 0 Å². The van der Waals surface area contributed by atoms with E-state index in [1.54, 1.807) is 23.3 Å². The zero-order valence-electron chi connectivity index (χ0n) is 7.41. The lowest BCUT2D eigenvalue weighted by Gasteiger charge is -1.94. The molecule has 0 aliphatic carbocycles. The van der Waals surface area contributed by atoms with Crippen LogP contribution in [0, 0.1) is 0 Å². The fourth-order valence-electron chi connectivity index (χ4n) is 1.05. The molecule has 2 rings (SSSR count). The fourth-order valence-corrected chi connectivity index (χ4v) is 1.23. The maximum Gasteiger partial charge on any atom is 0.185 e. The molecular weight excluding hydrogens is 194 g/mol. The Balaban J connectivity index is 2.20. The second kappa shape index (κ2) is 4.11. The molecule has 3 nitrogen and oxygen atoms in total. The summed E-state index contributed by atoms with van der Waals surface area (Å²) < 4.78 is 1.61. The number of thiol groups is 1. The Labute approximate surface area is 87.5 Å². The largest absolute Gasteiger partial charge is 0.230 e. The molecule has 70 valence electrons. The van der Waals surface area contributed by atoms with E-state index in [1.165, 1.54) is 0 Å². The minimum atomic E-state index is 0.581. The van der Waals surface area contributed by atoms with Gasteiger partial charge in [0.2, 0.25) is 0 Å². The van der Waals surface area contributed by atoms with Gasteiger partial charge in [-0.15, -0.1) is 12.6 Å². The summed E-state index contributed by atoms with van der Waals surface area (Å²) in [6.45, 7) is 0. The number of benzene rings is 1. The number of aromatic nitrogens is 2. The van der Waals surface area contributed by atoms with Gasteiger partial charge in [0.25, 0.3) is 0 Å². The Morgan fingerprint density at radius 2 is 2.07 bits per heavy atom. The van der Waals surface area contributed by atoms with Gasteiger partial charge in [-0.2, -0.15) is 5.10 Å². The van der Waals surface area contributed by atoms with Crippen molar-refractivity contribution in [2.24, 2.45) is 5.10 Å². The molecule has 0 aliphatic rings. The first-order valence-electron chi connectivity index (χ1n) is 4.18. The van der Waals surface area contributed by atoms with Gasteiger partial charge in [-0.25, -0.2) is 9.66 Å². The summed E-state index contributed by atoms with van der Waals surface area (Å²) in [5.41, 5.74) is 1.05. The van der Waals surface area contributed by atoms with Gasteiger partial charge in [0, 0.05) is 12.4 Å². The van der Waals surface area contributed by atoms with Crippen LogP contribution < -0.4 is 0 Å². The molecule has 0 bridgehead atoms. The summed E-state index contributed by atoms with van der Waals surface area (Å²) in [6.07, 6.45) is 5.17. The normalized spacial score (nSPS) is 10.9. The monoisotopic (exact) mass is 203 g/mol. The molecule has 0 unspecified atom stereocenters. The molecule has 4 heteroatoms. The summed E-state index contributed by atoms with van der Waals surface area (Å²) in [6, 6.07) is 9.88. The van der Waals surface area contributed by atoms with Crippen LogP contribution in [-0.2, 0) is 0 Å². The third kappa shape index (κ3) is 2.03. The maximum atomic E-state index is 4.19. The average molecular weight is 203 g/mol. The Morgan fingerprint density at radius 1 is 1.29 bits per heavy atom. The van der Waals surface area contributed by atoms with E-state index in [0.717, 1.165) is 5.56 Å². The molecule has 0 spiro atoms. The Morgan fingerprint density at radius 3 is 2.71 bits per heavy atom. The summed E-state index contributed by atoms with van der Waals surface area (Å²) in [5.74, 6) is 0. The van der Waals surface area contributed by atoms with Crippen molar-refractivity contribution in [2.75, 3.05) is 0 Å². The van der Waals surface area contributed by atoms with Gasteiger partial charge >= 0.3 is 0 Å². The Bertz CT molecular complexity index is 434. The summed E-state index contributed by atoms with van der Waals surface area (Å²) in [7, 11) is 0. The summed E-state index contributed by atoms with van der Waals surface area (Å²) >= 11 is 4.13. The number of hydrogen-bond acceptors (Lipinski definition) is 3. The van der Waals surface area contributed by atoms with Crippen LogP contribution in [0.1, 0.15) is 5.56 Å². The third-order valence-electron chi connectivity index (χ3n) is 1.73. The number of rotatable bonds is 2. The van der Waals surface area contributed by atoms with Gasteiger partial charge in [0.05, 0.1) is 6.21 Å². The van der Waals surface area contributed by atoms with Gasteiger partial charge < -0.3 is 0 Å². The zero-order chi connectivity index (χ0) is 9.80. The highest BCUT2D eigenvalue weighted by Crippen LogP contribution is 2.02. The van der Waals surface area contributed by atoms with Crippen molar-refractivity contribution in [3.8, 4) is 0 Å². The number of hydrogen-bond donors (Lipinski definition) is 1. The minimum Gasteiger partial charge on any atom is -0.230 e. The standard InChI is InChI=1S/C10H9N3S/c14-10-11-6-7-13(10)12-8-9-4-2-1-3-5-9/h1-8H,(H,11,14)/b12-8+. The average Bonchev–Trinajstić information content (AvgIpc) is 2.63. The smallest absolute Gasteiger partial charge is 0.185 e. The first kappa shape index (κ1) is 9.02. The molecule has 2 aromatic rings. The summed E-state index contributed by atoms with van der Waals surface area (Å²) in [4.78, 5) is 3.94. The van der Waals surface area contributed by atoms with E-state index in [2.05, 4.69) is 22.7 Å². The van der Waals surface area contributed by atoms with Crippen LogP contribution in [0.4, 0.5) is 0 Å². The molecule has 14 heavy (non-hydrogen) atoms. The van der Waals surface area contributed by atoms with Crippen molar-refractivity contribution < 1.29 is 0 Å². The molecule has 1 aromatic heterocycles. The lowest BCUT2D eigenvalue weighted by atomic mass is 10.2. The van der Waals surface area contributed by atoms with Crippen LogP contribution in [0.15, 0.2) is 53.0 Å². The fraction of sp³-hybridized carbons (Fsp3) is 0. The van der Waals surface area contributed by atoms with Crippen molar-refractivity contribution in [1.82, 2.24) is 9.66 Å². The first-order chi connectivity index (χ1) is 6.86. The molecule has 0 radical (unpaired) electrons. The van der Waals surface area contributed by atoms with Crippen molar-refractivity contribution in [2.45, 2.75) is 5.16 Å². The molecule has 0 fully saturated rings. The van der Waals surface area contributed by atoms with Crippen molar-refractivity contribution in [3.05, 3.63) is 48.3 Å². The second-order valence-electron chi connectivity index (χ2n) is 2.73. The predicted octanol–water partition coefficient (Wildman–Crippen LogP) is 2.05. The molecular formula is C10H9N3S. The van der Waals surface area contributed by atoms with Gasteiger partial charge in [-0.05, 0) is 5.56 Å². The van der Waals surface area contributed by atoms with Crippen LogP contribution >= 0.6 is 12.6 Å². The lowest BCUT2D eigenvalue weighted by Crippen LogP contribution is -1.89.